The Morgan fingerprint density at radius 2 is 2.00 bits per heavy atom. The molecule has 2 saturated heterocycles. The highest BCUT2D eigenvalue weighted by atomic mass is 16.2. The van der Waals surface area contributed by atoms with Crippen LogP contribution in [0.25, 0.3) is 0 Å². The largest absolute Gasteiger partial charge is 0.316 e. The van der Waals surface area contributed by atoms with E-state index in [0.29, 0.717) is 5.96 Å². The van der Waals surface area contributed by atoms with Crippen LogP contribution in [0, 0.1) is 0 Å². The number of amides is 2. The first-order valence-electron chi connectivity index (χ1n) is 5.04. The van der Waals surface area contributed by atoms with Crippen molar-refractivity contribution in [2.24, 2.45) is 4.99 Å². The third-order valence-corrected chi connectivity index (χ3v) is 2.58. The third-order valence-electron chi connectivity index (χ3n) is 2.58. The summed E-state index contributed by atoms with van der Waals surface area (Å²) in [6.07, 6.45) is 2.10. The third kappa shape index (κ3) is 2.33. The molecule has 1 unspecified atom stereocenters. The fourth-order valence-electron chi connectivity index (χ4n) is 1.85. The normalized spacial score (nSPS) is 27.5. The molecule has 2 N–H and O–H groups in total. The van der Waals surface area contributed by atoms with Crippen LogP contribution in [0.4, 0.5) is 0 Å². The van der Waals surface area contributed by atoms with E-state index in [9.17, 15) is 9.59 Å². The quantitative estimate of drug-likeness (QED) is 0.527. The van der Waals surface area contributed by atoms with Crippen LogP contribution in [0.15, 0.2) is 4.99 Å². The predicted molar refractivity (Wildman–Crippen MR) is 54.2 cm³/mol. The zero-order valence-electron chi connectivity index (χ0n) is 8.62. The number of rotatable bonds is 1. The molecule has 1 atom stereocenters. The summed E-state index contributed by atoms with van der Waals surface area (Å²) in [7, 11) is 2.04. The summed E-state index contributed by atoms with van der Waals surface area (Å²) < 4.78 is 0. The molecular formula is C9H14N4O2. The maximum atomic E-state index is 10.9. The zero-order valence-corrected chi connectivity index (χ0v) is 8.62. The Hall–Kier alpha value is -1.43. The van der Waals surface area contributed by atoms with Gasteiger partial charge in [0.15, 0.2) is 0 Å². The lowest BCUT2D eigenvalue weighted by Crippen LogP contribution is -2.37. The average Bonchev–Trinajstić information content (AvgIpc) is 2.45. The number of hydrogen-bond donors (Lipinski definition) is 2. The van der Waals surface area contributed by atoms with Crippen molar-refractivity contribution in [1.29, 1.82) is 0 Å². The summed E-state index contributed by atoms with van der Waals surface area (Å²) in [5.74, 6) is -0.957. The molecule has 0 aliphatic carbocycles. The van der Waals surface area contributed by atoms with E-state index in [1.807, 2.05) is 7.05 Å². The van der Waals surface area contributed by atoms with Gasteiger partial charge < -0.3 is 4.90 Å². The lowest BCUT2D eigenvalue weighted by Gasteiger charge is -2.27. The lowest BCUT2D eigenvalue weighted by molar-refractivity contribution is -0.135. The molecular weight excluding hydrogens is 196 g/mol. The second-order valence-electron chi connectivity index (χ2n) is 3.94. The molecule has 2 fully saturated rings. The van der Waals surface area contributed by atoms with Gasteiger partial charge in [-0.15, -0.1) is 0 Å². The van der Waals surface area contributed by atoms with E-state index in [4.69, 9.17) is 0 Å². The van der Waals surface area contributed by atoms with Crippen LogP contribution in [-0.4, -0.2) is 48.9 Å². The first-order chi connectivity index (χ1) is 7.15. The van der Waals surface area contributed by atoms with Gasteiger partial charge >= 0.3 is 11.8 Å². The Morgan fingerprint density at radius 1 is 1.33 bits per heavy atom. The summed E-state index contributed by atoms with van der Waals surface area (Å²) in [5, 5.41) is 4.80. The van der Waals surface area contributed by atoms with Crippen molar-refractivity contribution >= 4 is 17.8 Å². The fourth-order valence-corrected chi connectivity index (χ4v) is 1.85. The highest BCUT2D eigenvalue weighted by molar-refractivity contribution is 6.45. The average molecular weight is 210 g/mol. The highest BCUT2D eigenvalue weighted by Crippen LogP contribution is 2.11. The highest BCUT2D eigenvalue weighted by Gasteiger charge is 2.26. The second kappa shape index (κ2) is 3.98. The van der Waals surface area contributed by atoms with E-state index < -0.39 is 11.8 Å². The van der Waals surface area contributed by atoms with Crippen molar-refractivity contribution in [2.45, 2.75) is 18.9 Å². The van der Waals surface area contributed by atoms with Crippen LogP contribution in [0.5, 0.6) is 0 Å². The minimum absolute atomic E-state index is 0.164. The zero-order chi connectivity index (χ0) is 10.8. The number of likely N-dealkylation sites (N-methyl/N-ethyl adjacent to an activating group) is 1. The molecule has 6 nitrogen and oxygen atoms in total. The van der Waals surface area contributed by atoms with Gasteiger partial charge in [0.05, 0.1) is 6.04 Å². The van der Waals surface area contributed by atoms with Crippen molar-refractivity contribution < 1.29 is 9.59 Å². The molecule has 2 amide bonds. The Bertz CT molecular complexity index is 308. The Morgan fingerprint density at radius 3 is 2.60 bits per heavy atom. The molecule has 0 bridgehead atoms. The molecule has 2 aliphatic rings. The van der Waals surface area contributed by atoms with Crippen LogP contribution >= 0.6 is 0 Å². The lowest BCUT2D eigenvalue weighted by atomic mass is 10.1. The molecule has 82 valence electrons. The molecule has 0 aromatic rings. The van der Waals surface area contributed by atoms with E-state index in [-0.39, 0.29) is 6.04 Å². The van der Waals surface area contributed by atoms with E-state index in [0.717, 1.165) is 25.9 Å². The smallest absolute Gasteiger partial charge is 0.304 e. The first kappa shape index (κ1) is 10.1. The number of nitrogens with one attached hydrogen (secondary N) is 2. The molecule has 15 heavy (non-hydrogen) atoms. The predicted octanol–water partition coefficient (Wildman–Crippen LogP) is -1.32. The topological polar surface area (TPSA) is 73.8 Å². The van der Waals surface area contributed by atoms with Gasteiger partial charge in [-0.3, -0.25) is 20.2 Å². The van der Waals surface area contributed by atoms with Crippen LogP contribution in [-0.2, 0) is 9.59 Å². The number of carbonyl (C=O) groups is 2. The molecule has 2 heterocycles. The Kier molecular flexibility index (Phi) is 2.68. The number of aliphatic imine (C=N–C) groups is 1. The van der Waals surface area contributed by atoms with Crippen molar-refractivity contribution in [3.8, 4) is 0 Å². The van der Waals surface area contributed by atoms with E-state index in [1.165, 1.54) is 0 Å². The summed E-state index contributed by atoms with van der Waals surface area (Å²) in [4.78, 5) is 28.2. The monoisotopic (exact) mass is 210 g/mol. The molecule has 2 aliphatic heterocycles. The van der Waals surface area contributed by atoms with Gasteiger partial charge in [0.2, 0.25) is 5.96 Å². The summed E-state index contributed by atoms with van der Waals surface area (Å²) in [6.45, 7) is 1.95. The van der Waals surface area contributed by atoms with Gasteiger partial charge in [0.25, 0.3) is 0 Å². The van der Waals surface area contributed by atoms with Gasteiger partial charge in [0, 0.05) is 6.54 Å². The molecule has 0 radical (unpaired) electrons. The van der Waals surface area contributed by atoms with Gasteiger partial charge in [-0.1, -0.05) is 0 Å². The van der Waals surface area contributed by atoms with Crippen LogP contribution in [0.1, 0.15) is 12.8 Å². The standard InChI is InChI=1S/C9H14N4O2/c1-13-4-2-3-6(5-13)10-9-11-7(14)8(15)12-9/h6H,2-5H2,1H3,(H2,10,11,12,14,15). The molecule has 6 heteroatoms. The first-order valence-corrected chi connectivity index (χ1v) is 5.04. The number of nitrogens with zero attached hydrogens (tertiary/aromatic N) is 2. The number of guanidine groups is 1. The fraction of sp³-hybridized carbons (Fsp3) is 0.667. The molecule has 2 rings (SSSR count). The Labute approximate surface area is 87.7 Å². The van der Waals surface area contributed by atoms with Gasteiger partial charge in [0.1, 0.15) is 0 Å². The van der Waals surface area contributed by atoms with E-state index in [2.05, 4.69) is 20.5 Å². The maximum Gasteiger partial charge on any atom is 0.316 e. The number of hydrogen-bond acceptors (Lipinski definition) is 4. The molecule has 0 saturated carbocycles. The van der Waals surface area contributed by atoms with Crippen LogP contribution in [0.3, 0.4) is 0 Å². The summed E-state index contributed by atoms with van der Waals surface area (Å²) >= 11 is 0. The minimum atomic E-state index is -0.627. The number of piperidine rings is 1. The minimum Gasteiger partial charge on any atom is -0.304 e. The van der Waals surface area contributed by atoms with Crippen LogP contribution < -0.4 is 10.6 Å². The van der Waals surface area contributed by atoms with Crippen molar-refractivity contribution in [3.05, 3.63) is 0 Å². The molecule has 0 spiro atoms. The summed E-state index contributed by atoms with van der Waals surface area (Å²) in [6, 6.07) is 0.164. The molecule has 0 aromatic heterocycles. The van der Waals surface area contributed by atoms with Gasteiger partial charge in [-0.25, -0.2) is 4.99 Å². The van der Waals surface area contributed by atoms with Crippen molar-refractivity contribution in [2.75, 3.05) is 20.1 Å². The number of carbonyl (C=O) groups excluding carboxylic acids is 2. The van der Waals surface area contributed by atoms with Gasteiger partial charge in [-0.2, -0.15) is 0 Å². The SMILES string of the molecule is CN1CCCC(N=C2NC(=O)C(=O)N2)C1. The second-order valence-corrected chi connectivity index (χ2v) is 3.94. The van der Waals surface area contributed by atoms with E-state index >= 15 is 0 Å². The van der Waals surface area contributed by atoms with E-state index in [1.54, 1.807) is 0 Å². The van der Waals surface area contributed by atoms with Crippen LogP contribution in [0.2, 0.25) is 0 Å². The maximum absolute atomic E-state index is 10.9. The summed E-state index contributed by atoms with van der Waals surface area (Å²) in [5.41, 5.74) is 0. The molecule has 0 aromatic carbocycles. The van der Waals surface area contributed by atoms with Gasteiger partial charge in [-0.05, 0) is 26.4 Å². The Balaban J connectivity index is 1.98. The number of likely N-dealkylation sites (tertiary alicyclic amines) is 1. The van der Waals surface area contributed by atoms with Crippen molar-refractivity contribution in [3.63, 3.8) is 0 Å². The van der Waals surface area contributed by atoms with Crippen molar-refractivity contribution in [1.82, 2.24) is 15.5 Å².